The van der Waals surface area contributed by atoms with Crippen LogP contribution in [-0.2, 0) is 19.6 Å². The van der Waals surface area contributed by atoms with Gasteiger partial charge < -0.3 is 9.80 Å². The van der Waals surface area contributed by atoms with Crippen molar-refractivity contribution in [2.45, 2.75) is 30.6 Å². The molecule has 3 aliphatic rings. The molecule has 1 aromatic rings. The van der Waals surface area contributed by atoms with Gasteiger partial charge in [0.25, 0.3) is 0 Å². The molecule has 3 fully saturated rings. The van der Waals surface area contributed by atoms with Crippen LogP contribution in [0.15, 0.2) is 23.1 Å². The highest BCUT2D eigenvalue weighted by Gasteiger charge is 2.38. The van der Waals surface area contributed by atoms with E-state index in [0.29, 0.717) is 19.2 Å². The van der Waals surface area contributed by atoms with Crippen molar-refractivity contribution in [2.75, 3.05) is 39.3 Å². The van der Waals surface area contributed by atoms with E-state index in [9.17, 15) is 26.8 Å². The summed E-state index contributed by atoms with van der Waals surface area (Å²) in [6.45, 7) is 1.76. The Kier molecular flexibility index (Phi) is 5.80. The molecule has 2 heterocycles. The van der Waals surface area contributed by atoms with Gasteiger partial charge in [-0.3, -0.25) is 9.59 Å². The molecule has 1 unspecified atom stereocenters. The Morgan fingerprint density at radius 3 is 2.13 bits per heavy atom. The lowest BCUT2D eigenvalue weighted by atomic mass is 9.96. The number of amides is 2. The number of nitrogens with zero attached hydrogens (tertiary/aromatic N) is 3. The summed E-state index contributed by atoms with van der Waals surface area (Å²) in [7, 11) is -3.96. The fraction of sp³-hybridized carbons (Fsp3) is 0.600. The number of carbonyl (C=O) groups excluding carboxylic acids is 2. The van der Waals surface area contributed by atoms with Crippen LogP contribution in [0.5, 0.6) is 0 Å². The smallest absolute Gasteiger partial charge is 0.243 e. The maximum atomic E-state index is 13.5. The average Bonchev–Trinajstić information content (AvgIpc) is 3.60. The van der Waals surface area contributed by atoms with E-state index in [-0.39, 0.29) is 54.7 Å². The molecule has 0 radical (unpaired) electrons. The van der Waals surface area contributed by atoms with Gasteiger partial charge >= 0.3 is 0 Å². The van der Waals surface area contributed by atoms with E-state index in [4.69, 9.17) is 0 Å². The third-order valence-electron chi connectivity index (χ3n) is 6.09. The van der Waals surface area contributed by atoms with Crippen LogP contribution in [0.4, 0.5) is 8.78 Å². The topological polar surface area (TPSA) is 78.0 Å². The molecule has 0 spiro atoms. The summed E-state index contributed by atoms with van der Waals surface area (Å²) in [4.78, 5) is 28.4. The van der Waals surface area contributed by atoms with Crippen molar-refractivity contribution in [3.8, 4) is 0 Å². The number of carbonyl (C=O) groups is 2. The van der Waals surface area contributed by atoms with E-state index < -0.39 is 21.7 Å². The van der Waals surface area contributed by atoms with E-state index in [1.807, 2.05) is 0 Å². The molecule has 164 valence electrons. The minimum Gasteiger partial charge on any atom is -0.342 e. The fourth-order valence-electron chi connectivity index (χ4n) is 4.16. The monoisotopic (exact) mass is 441 g/mol. The maximum Gasteiger partial charge on any atom is 0.243 e. The molecular weight excluding hydrogens is 416 g/mol. The molecule has 1 aromatic carbocycles. The number of benzene rings is 1. The summed E-state index contributed by atoms with van der Waals surface area (Å²) in [6.07, 6.45) is 3.38. The lowest BCUT2D eigenvalue weighted by Gasteiger charge is -2.38. The predicted octanol–water partition coefficient (Wildman–Crippen LogP) is 1.45. The van der Waals surface area contributed by atoms with Crippen molar-refractivity contribution in [3.05, 3.63) is 29.8 Å². The van der Waals surface area contributed by atoms with Crippen molar-refractivity contribution in [3.63, 3.8) is 0 Å². The quantitative estimate of drug-likeness (QED) is 0.709. The van der Waals surface area contributed by atoms with Crippen molar-refractivity contribution < 1.29 is 26.8 Å². The van der Waals surface area contributed by atoms with Gasteiger partial charge in [0.2, 0.25) is 21.8 Å². The molecule has 2 saturated heterocycles. The fourth-order valence-corrected chi connectivity index (χ4v) is 5.60. The molecule has 4 rings (SSSR count). The lowest BCUT2D eigenvalue weighted by Crippen LogP contribution is -2.54. The summed E-state index contributed by atoms with van der Waals surface area (Å²) in [5.74, 6) is -2.35. The van der Waals surface area contributed by atoms with Gasteiger partial charge in [0.1, 0.15) is 0 Å². The van der Waals surface area contributed by atoms with Crippen molar-refractivity contribution in [1.29, 1.82) is 0 Å². The van der Waals surface area contributed by atoms with Crippen molar-refractivity contribution in [1.82, 2.24) is 14.1 Å². The Morgan fingerprint density at radius 2 is 1.50 bits per heavy atom. The third kappa shape index (κ3) is 4.20. The number of sulfonamides is 1. The molecule has 0 N–H and O–H groups in total. The molecule has 7 nitrogen and oxygen atoms in total. The Labute approximate surface area is 174 Å². The zero-order chi connectivity index (χ0) is 21.5. The summed E-state index contributed by atoms with van der Waals surface area (Å²) >= 11 is 0. The van der Waals surface area contributed by atoms with Crippen LogP contribution in [0.3, 0.4) is 0 Å². The highest BCUT2D eigenvalue weighted by atomic mass is 32.2. The summed E-state index contributed by atoms with van der Waals surface area (Å²) < 4.78 is 53.2. The largest absolute Gasteiger partial charge is 0.342 e. The van der Waals surface area contributed by atoms with Gasteiger partial charge in [-0.25, -0.2) is 17.2 Å². The summed E-state index contributed by atoms with van der Waals surface area (Å²) in [5, 5.41) is 0. The maximum absolute atomic E-state index is 13.5. The Hall–Kier alpha value is -2.07. The van der Waals surface area contributed by atoms with E-state index in [2.05, 4.69) is 0 Å². The molecule has 2 aliphatic heterocycles. The molecule has 0 bridgehead atoms. The number of piperazine rings is 1. The Morgan fingerprint density at radius 1 is 0.833 bits per heavy atom. The van der Waals surface area contributed by atoms with Gasteiger partial charge in [0.05, 0.1) is 10.8 Å². The standard InChI is InChI=1S/C20H25F2N3O4S/c21-17-6-5-16(12-18(17)22)30(28,29)25-10-8-23(9-11-25)20(27)15-2-1-7-24(13-15)19(26)14-3-4-14/h5-6,12,14-15H,1-4,7-11,13H2. The normalized spacial score (nSPS) is 23.5. The van der Waals surface area contributed by atoms with Gasteiger partial charge in [-0.1, -0.05) is 0 Å². The number of hydrogen-bond acceptors (Lipinski definition) is 4. The first-order chi connectivity index (χ1) is 14.3. The second kappa shape index (κ2) is 8.22. The number of hydrogen-bond donors (Lipinski definition) is 0. The van der Waals surface area contributed by atoms with Gasteiger partial charge in [0.15, 0.2) is 11.6 Å². The van der Waals surface area contributed by atoms with Crippen molar-refractivity contribution >= 4 is 21.8 Å². The van der Waals surface area contributed by atoms with Crippen LogP contribution in [-0.4, -0.2) is 73.6 Å². The molecule has 0 aromatic heterocycles. The van der Waals surface area contributed by atoms with E-state index in [0.717, 1.165) is 37.8 Å². The second-order valence-electron chi connectivity index (χ2n) is 8.20. The molecule has 10 heteroatoms. The molecule has 2 amide bonds. The highest BCUT2D eigenvalue weighted by molar-refractivity contribution is 7.89. The number of piperidine rings is 1. The van der Waals surface area contributed by atoms with Crippen LogP contribution < -0.4 is 0 Å². The van der Waals surface area contributed by atoms with Crippen LogP contribution in [0.1, 0.15) is 25.7 Å². The summed E-state index contributed by atoms with van der Waals surface area (Å²) in [5.41, 5.74) is 0. The molecule has 30 heavy (non-hydrogen) atoms. The Bertz CT molecular complexity index is 943. The SMILES string of the molecule is O=C(C1CCCN(C(=O)C2CC2)C1)N1CCN(S(=O)(=O)c2ccc(F)c(F)c2)CC1. The van der Waals surface area contributed by atoms with Crippen LogP contribution in [0, 0.1) is 23.5 Å². The van der Waals surface area contributed by atoms with Gasteiger partial charge in [-0.15, -0.1) is 0 Å². The predicted molar refractivity (Wildman–Crippen MR) is 104 cm³/mol. The minimum absolute atomic E-state index is 0.0480. The highest BCUT2D eigenvalue weighted by Crippen LogP contribution is 2.33. The zero-order valence-electron chi connectivity index (χ0n) is 16.6. The number of likely N-dealkylation sites (tertiary alicyclic amines) is 1. The first kappa shape index (κ1) is 21.2. The number of halogens is 2. The van der Waals surface area contributed by atoms with E-state index >= 15 is 0 Å². The molecule has 1 aliphatic carbocycles. The second-order valence-corrected chi connectivity index (χ2v) is 10.1. The van der Waals surface area contributed by atoms with Gasteiger partial charge in [0, 0.05) is 45.2 Å². The lowest BCUT2D eigenvalue weighted by molar-refractivity contribution is -0.142. The van der Waals surface area contributed by atoms with Crippen LogP contribution in [0.2, 0.25) is 0 Å². The first-order valence-corrected chi connectivity index (χ1v) is 11.7. The third-order valence-corrected chi connectivity index (χ3v) is 7.98. The molecular formula is C20H25F2N3O4S. The zero-order valence-corrected chi connectivity index (χ0v) is 17.4. The Balaban J connectivity index is 1.36. The van der Waals surface area contributed by atoms with E-state index in [1.54, 1.807) is 9.80 Å². The van der Waals surface area contributed by atoms with Gasteiger partial charge in [-0.05, 0) is 43.9 Å². The minimum atomic E-state index is -3.96. The van der Waals surface area contributed by atoms with Crippen LogP contribution >= 0.6 is 0 Å². The first-order valence-electron chi connectivity index (χ1n) is 10.3. The number of rotatable bonds is 4. The molecule has 1 atom stereocenters. The van der Waals surface area contributed by atoms with Crippen LogP contribution in [0.25, 0.3) is 0 Å². The van der Waals surface area contributed by atoms with Gasteiger partial charge in [-0.2, -0.15) is 4.31 Å². The average molecular weight is 442 g/mol. The van der Waals surface area contributed by atoms with E-state index in [1.165, 1.54) is 4.31 Å². The summed E-state index contributed by atoms with van der Waals surface area (Å²) in [6, 6.07) is 2.51. The molecule has 1 saturated carbocycles. The van der Waals surface area contributed by atoms with Crippen molar-refractivity contribution in [2.24, 2.45) is 11.8 Å².